The van der Waals surface area contributed by atoms with E-state index in [0.29, 0.717) is 6.07 Å². The van der Waals surface area contributed by atoms with Gasteiger partial charge in [-0.15, -0.1) is 0 Å². The molecule has 11 heteroatoms. The van der Waals surface area contributed by atoms with Gasteiger partial charge in [0.15, 0.2) is 4.90 Å². The van der Waals surface area contributed by atoms with E-state index in [4.69, 9.17) is 16.2 Å². The molecule has 0 spiro atoms. The third-order valence-electron chi connectivity index (χ3n) is 1.71. The van der Waals surface area contributed by atoms with Crippen molar-refractivity contribution in [2.45, 2.75) is 4.90 Å². The van der Waals surface area contributed by atoms with Crippen molar-refractivity contribution in [1.29, 1.82) is 0 Å². The van der Waals surface area contributed by atoms with Crippen molar-refractivity contribution in [2.24, 2.45) is 0 Å². The van der Waals surface area contributed by atoms with Crippen LogP contribution < -0.4 is 0 Å². The Balaban J connectivity index is 3.85. The normalized spacial score (nSPS) is 11.2. The van der Waals surface area contributed by atoms with Crippen LogP contribution in [0, 0.1) is 20.2 Å². The lowest BCUT2D eigenvalue weighted by atomic mass is 10.3. The van der Waals surface area contributed by atoms with Gasteiger partial charge in [0.25, 0.3) is 0 Å². The van der Waals surface area contributed by atoms with Crippen molar-refractivity contribution in [3.05, 3.63) is 37.4 Å². The lowest BCUT2D eigenvalue weighted by molar-refractivity contribution is -0.424. The number of nitro benzene ring substituents is 2. The predicted molar refractivity (Wildman–Crippen MR) is 54.6 cm³/mol. The van der Waals surface area contributed by atoms with Gasteiger partial charge in [0.05, 0.1) is 9.85 Å². The lowest BCUT2D eigenvalue weighted by Gasteiger charge is -2.01. The van der Waals surface area contributed by atoms with Gasteiger partial charge < -0.3 is 0 Å². The molecule has 0 radical (unpaired) electrons. The first-order chi connectivity index (χ1) is 7.66. The summed E-state index contributed by atoms with van der Waals surface area (Å²) in [4.78, 5) is 17.5. The molecule has 9 nitrogen and oxygen atoms in total. The number of nitro groups is 2. The second kappa shape index (κ2) is 4.24. The molecule has 0 bridgehead atoms. The Morgan fingerprint density at radius 1 is 1.12 bits per heavy atom. The van der Waals surface area contributed by atoms with Crippen LogP contribution in [-0.4, -0.2) is 22.8 Å². The van der Waals surface area contributed by atoms with E-state index in [1.807, 2.05) is 0 Å². The van der Waals surface area contributed by atoms with Crippen LogP contribution in [0.4, 0.5) is 11.4 Å². The van der Waals surface area contributed by atoms with Crippen LogP contribution in [0.15, 0.2) is 17.0 Å². The van der Waals surface area contributed by atoms with Crippen LogP contribution in [-0.2, 0) is 10.1 Å². The predicted octanol–water partition coefficient (Wildman–Crippen LogP) is 1.40. The zero-order valence-corrected chi connectivity index (χ0v) is 9.30. The van der Waals surface area contributed by atoms with Gasteiger partial charge >= 0.3 is 21.5 Å². The molecule has 0 aliphatic heterocycles. The van der Waals surface area contributed by atoms with Crippen molar-refractivity contribution < 1.29 is 22.8 Å². The Bertz CT molecular complexity index is 611. The summed E-state index contributed by atoms with van der Waals surface area (Å²) in [6, 6.07) is 1.39. The summed E-state index contributed by atoms with van der Waals surface area (Å²) in [5.74, 6) is 0. The molecule has 0 aliphatic rings. The molecule has 0 aromatic heterocycles. The molecular formula is C6H3ClN2O7S. The summed E-state index contributed by atoms with van der Waals surface area (Å²) in [5.41, 5.74) is -2.56. The summed E-state index contributed by atoms with van der Waals surface area (Å²) in [6.45, 7) is 0. The fourth-order valence-corrected chi connectivity index (χ4v) is 1.97. The molecule has 0 fully saturated rings. The highest BCUT2D eigenvalue weighted by atomic mass is 35.5. The van der Waals surface area contributed by atoms with E-state index in [1.165, 1.54) is 0 Å². The van der Waals surface area contributed by atoms with Gasteiger partial charge in [0.1, 0.15) is 5.02 Å². The number of benzene rings is 1. The zero-order chi connectivity index (χ0) is 13.4. The van der Waals surface area contributed by atoms with Crippen LogP contribution in [0.3, 0.4) is 0 Å². The van der Waals surface area contributed by atoms with Crippen molar-refractivity contribution in [3.63, 3.8) is 0 Å². The maximum atomic E-state index is 10.8. The van der Waals surface area contributed by atoms with Gasteiger partial charge in [-0.25, -0.2) is 0 Å². The number of halogens is 1. The Kier molecular flexibility index (Phi) is 3.31. The minimum absolute atomic E-state index is 0.603. The summed E-state index contributed by atoms with van der Waals surface area (Å²) < 4.78 is 30.4. The minimum Gasteiger partial charge on any atom is -0.282 e. The van der Waals surface area contributed by atoms with Crippen LogP contribution in [0.2, 0.25) is 5.02 Å². The quantitative estimate of drug-likeness (QED) is 0.501. The molecule has 1 aromatic carbocycles. The number of hydrogen-bond acceptors (Lipinski definition) is 6. The van der Waals surface area contributed by atoms with Gasteiger partial charge in [-0.2, -0.15) is 8.42 Å². The molecule has 0 heterocycles. The van der Waals surface area contributed by atoms with Crippen LogP contribution in [0.25, 0.3) is 0 Å². The molecule has 0 unspecified atom stereocenters. The average molecular weight is 283 g/mol. The summed E-state index contributed by atoms with van der Waals surface area (Å²) in [5, 5.41) is 20.6. The standard InChI is InChI=1S/C6H3ClN2O7S/c7-3-1-2-4(17(14,15)16)6(9(12)13)5(3)8(10)11/h1-2H,(H,14,15,16). The van der Waals surface area contributed by atoms with Gasteiger partial charge in [-0.3, -0.25) is 24.8 Å². The highest BCUT2D eigenvalue weighted by Gasteiger charge is 2.36. The smallest absolute Gasteiger partial charge is 0.282 e. The highest BCUT2D eigenvalue weighted by Crippen LogP contribution is 2.39. The molecule has 0 atom stereocenters. The van der Waals surface area contributed by atoms with E-state index in [9.17, 15) is 28.6 Å². The fraction of sp³-hybridized carbons (Fsp3) is 0. The maximum Gasteiger partial charge on any atom is 0.368 e. The summed E-state index contributed by atoms with van der Waals surface area (Å²) >= 11 is 5.37. The van der Waals surface area contributed by atoms with Gasteiger partial charge in [0.2, 0.25) is 0 Å². The second-order valence-corrected chi connectivity index (χ2v) is 4.53. The van der Waals surface area contributed by atoms with Gasteiger partial charge in [-0.05, 0) is 12.1 Å². The van der Waals surface area contributed by atoms with Crippen LogP contribution in [0.5, 0.6) is 0 Å². The molecule has 0 amide bonds. The van der Waals surface area contributed by atoms with E-state index in [-0.39, 0.29) is 0 Å². The van der Waals surface area contributed by atoms with Crippen molar-refractivity contribution in [2.75, 3.05) is 0 Å². The first-order valence-corrected chi connectivity index (χ1v) is 5.57. The highest BCUT2D eigenvalue weighted by molar-refractivity contribution is 7.86. The van der Waals surface area contributed by atoms with E-state index >= 15 is 0 Å². The molecule has 17 heavy (non-hydrogen) atoms. The van der Waals surface area contributed by atoms with Crippen LogP contribution in [0.1, 0.15) is 0 Å². The first-order valence-electron chi connectivity index (χ1n) is 3.75. The van der Waals surface area contributed by atoms with Crippen LogP contribution >= 0.6 is 11.6 Å². The monoisotopic (exact) mass is 282 g/mol. The molecule has 1 aromatic rings. The largest absolute Gasteiger partial charge is 0.368 e. The lowest BCUT2D eigenvalue weighted by Crippen LogP contribution is -2.06. The first kappa shape index (κ1) is 13.3. The average Bonchev–Trinajstić information content (AvgIpc) is 2.14. The topological polar surface area (TPSA) is 141 Å². The second-order valence-electron chi connectivity index (χ2n) is 2.73. The molecule has 0 saturated carbocycles. The van der Waals surface area contributed by atoms with Crippen molar-refractivity contribution >= 4 is 33.1 Å². The maximum absolute atomic E-state index is 10.8. The Labute approximate surface area is 98.7 Å². The summed E-state index contributed by atoms with van der Waals surface area (Å²) in [7, 11) is -4.96. The zero-order valence-electron chi connectivity index (χ0n) is 7.73. The van der Waals surface area contributed by atoms with E-state index in [1.54, 1.807) is 0 Å². The third-order valence-corrected chi connectivity index (χ3v) is 2.90. The molecule has 1 N–H and O–H groups in total. The molecule has 1 rings (SSSR count). The molecule has 0 aliphatic carbocycles. The Morgan fingerprint density at radius 3 is 1.94 bits per heavy atom. The number of rotatable bonds is 3. The molecule has 0 saturated heterocycles. The SMILES string of the molecule is O=[N+]([O-])c1c(Cl)ccc(S(=O)(=O)O)c1[N+](=O)[O-]. The Morgan fingerprint density at radius 2 is 1.59 bits per heavy atom. The van der Waals surface area contributed by atoms with Gasteiger partial charge in [0, 0.05) is 0 Å². The van der Waals surface area contributed by atoms with E-state index in [0.717, 1.165) is 6.07 Å². The van der Waals surface area contributed by atoms with E-state index in [2.05, 4.69) is 0 Å². The van der Waals surface area contributed by atoms with Crippen molar-refractivity contribution in [1.82, 2.24) is 0 Å². The molecular weight excluding hydrogens is 280 g/mol. The van der Waals surface area contributed by atoms with Crippen molar-refractivity contribution in [3.8, 4) is 0 Å². The molecule has 92 valence electrons. The van der Waals surface area contributed by atoms with Gasteiger partial charge in [-0.1, -0.05) is 11.6 Å². The fourth-order valence-electron chi connectivity index (χ4n) is 1.09. The summed E-state index contributed by atoms with van der Waals surface area (Å²) in [6.07, 6.45) is 0. The number of nitrogens with zero attached hydrogens (tertiary/aromatic N) is 2. The third kappa shape index (κ3) is 2.49. The minimum atomic E-state index is -4.96. The number of hydrogen-bond donors (Lipinski definition) is 1. The van der Waals surface area contributed by atoms with E-state index < -0.39 is 41.3 Å². The Hall–Kier alpha value is -1.78.